The van der Waals surface area contributed by atoms with E-state index in [0.29, 0.717) is 5.70 Å². The van der Waals surface area contributed by atoms with Crippen molar-refractivity contribution in [3.05, 3.63) is 225 Å². The van der Waals surface area contributed by atoms with Gasteiger partial charge in [0.1, 0.15) is 0 Å². The first-order chi connectivity index (χ1) is 24.2. The molecular weight excluding hydrogens is 601 g/mol. The summed E-state index contributed by atoms with van der Waals surface area (Å²) in [6.45, 7) is 0. The molecule has 5 nitrogen and oxygen atoms in total. The summed E-state index contributed by atoms with van der Waals surface area (Å²) in [6, 6.07) is 49.5. The van der Waals surface area contributed by atoms with E-state index in [2.05, 4.69) is 88.1 Å². The number of nitrogens with one attached hydrogen (secondary N) is 3. The van der Waals surface area contributed by atoms with E-state index in [-0.39, 0.29) is 5.78 Å². The van der Waals surface area contributed by atoms with Gasteiger partial charge in [-0.15, -0.1) is 0 Å². The highest BCUT2D eigenvalue weighted by Gasteiger charge is 2.29. The Morgan fingerprint density at radius 1 is 0.449 bits per heavy atom. The van der Waals surface area contributed by atoms with Gasteiger partial charge in [0.25, 0.3) is 0 Å². The Morgan fingerprint density at radius 2 is 0.939 bits per heavy atom. The number of hydrogen-bond acceptors (Lipinski definition) is 3. The molecule has 8 bridgehead atoms. The normalized spacial score (nSPS) is 15.5. The van der Waals surface area contributed by atoms with Crippen molar-refractivity contribution in [3.63, 3.8) is 0 Å². The molecule has 0 saturated carbocycles. The Morgan fingerprint density at radius 3 is 1.53 bits per heavy atom. The minimum atomic E-state index is -0.0969. The molecule has 0 aliphatic carbocycles. The van der Waals surface area contributed by atoms with Crippen LogP contribution in [0, 0.1) is 0 Å². The molecule has 0 radical (unpaired) electrons. The average Bonchev–Trinajstić information content (AvgIpc) is 3.98. The van der Waals surface area contributed by atoms with Gasteiger partial charge >= 0.3 is 0 Å². The minimum absolute atomic E-state index is 0.0969. The molecular formula is C44H30N4O. The number of nitrogens with zero attached hydrogens (tertiary/aromatic N) is 1. The van der Waals surface area contributed by atoms with Gasteiger partial charge in [-0.1, -0.05) is 121 Å². The van der Waals surface area contributed by atoms with Gasteiger partial charge in [-0.05, 0) is 58.7 Å². The second-order valence-electron chi connectivity index (χ2n) is 12.2. The highest BCUT2D eigenvalue weighted by atomic mass is 16.1. The van der Waals surface area contributed by atoms with Gasteiger partial charge in [0.15, 0.2) is 0 Å². The van der Waals surface area contributed by atoms with Crippen LogP contribution >= 0.6 is 0 Å². The van der Waals surface area contributed by atoms with Crippen LogP contribution in [0.15, 0.2) is 186 Å². The van der Waals surface area contributed by atoms with Crippen molar-refractivity contribution in [3.8, 4) is 0 Å². The molecule has 6 aromatic rings. The van der Waals surface area contributed by atoms with Crippen molar-refractivity contribution in [1.29, 1.82) is 0 Å². The third-order valence-electron chi connectivity index (χ3n) is 9.15. The molecule has 0 amide bonds. The van der Waals surface area contributed by atoms with E-state index in [9.17, 15) is 4.79 Å². The highest BCUT2D eigenvalue weighted by molar-refractivity contribution is 6.36. The molecule has 3 aliphatic heterocycles. The number of fused-ring (bicyclic) bond motifs is 7. The first kappa shape index (κ1) is 28.5. The predicted octanol–water partition coefficient (Wildman–Crippen LogP) is 7.04. The predicted molar refractivity (Wildman–Crippen MR) is 196 cm³/mol. The van der Waals surface area contributed by atoms with E-state index < -0.39 is 0 Å². The maximum atomic E-state index is 14.1. The molecule has 5 heteroatoms. The molecule has 3 aliphatic rings. The Labute approximate surface area is 283 Å². The summed E-state index contributed by atoms with van der Waals surface area (Å²) in [5, 5.41) is 5.43. The Kier molecular flexibility index (Phi) is 6.87. The van der Waals surface area contributed by atoms with Crippen LogP contribution in [0.25, 0.3) is 22.3 Å². The molecule has 0 spiro atoms. The van der Waals surface area contributed by atoms with Crippen molar-refractivity contribution >= 4 is 33.8 Å². The van der Waals surface area contributed by atoms with Crippen LogP contribution in [0.1, 0.15) is 33.6 Å². The molecule has 9 rings (SSSR count). The van der Waals surface area contributed by atoms with E-state index in [1.807, 2.05) is 84.9 Å². The Bertz CT molecular complexity index is 2540. The lowest BCUT2D eigenvalue weighted by Gasteiger charge is -2.15. The van der Waals surface area contributed by atoms with E-state index in [1.165, 1.54) is 0 Å². The van der Waals surface area contributed by atoms with Crippen molar-refractivity contribution in [2.75, 3.05) is 0 Å². The zero-order chi connectivity index (χ0) is 32.7. The SMILES string of the molecule is O=C1C=C2NC1=C(c1ccccc1)C1=NC(=C(c3ccccc3)c3ccc([nH]3)C(c3ccccc3)=c3ccc([nH]3)=C2c2ccccc2)C=C1. The fourth-order valence-electron chi connectivity index (χ4n) is 6.96. The maximum absolute atomic E-state index is 14.1. The molecule has 2 aromatic heterocycles. The third kappa shape index (κ3) is 5.05. The molecule has 5 heterocycles. The first-order valence-electron chi connectivity index (χ1n) is 16.4. The van der Waals surface area contributed by atoms with Gasteiger partial charge < -0.3 is 15.3 Å². The lowest BCUT2D eigenvalue weighted by atomic mass is 9.97. The van der Waals surface area contributed by atoms with Crippen LogP contribution in [0.3, 0.4) is 0 Å². The molecule has 232 valence electrons. The summed E-state index contributed by atoms with van der Waals surface area (Å²) in [7, 11) is 0. The number of allylic oxidation sites excluding steroid dienone is 5. The number of carbonyl (C=O) groups is 1. The van der Waals surface area contributed by atoms with Crippen LogP contribution in [-0.2, 0) is 4.79 Å². The van der Waals surface area contributed by atoms with Crippen LogP contribution in [0.5, 0.6) is 0 Å². The van der Waals surface area contributed by atoms with Crippen molar-refractivity contribution in [1.82, 2.24) is 15.3 Å². The van der Waals surface area contributed by atoms with Gasteiger partial charge in [0, 0.05) is 50.5 Å². The van der Waals surface area contributed by atoms with E-state index in [4.69, 9.17) is 4.99 Å². The van der Waals surface area contributed by atoms with Gasteiger partial charge in [-0.3, -0.25) is 4.79 Å². The second kappa shape index (κ2) is 11.8. The summed E-state index contributed by atoms with van der Waals surface area (Å²) in [5.41, 5.74) is 12.4. The highest BCUT2D eigenvalue weighted by Crippen LogP contribution is 2.35. The summed E-state index contributed by atoms with van der Waals surface area (Å²) in [4.78, 5) is 26.9. The number of H-pyrrole nitrogens is 2. The number of aromatic amines is 2. The van der Waals surface area contributed by atoms with Gasteiger partial charge in [-0.2, -0.15) is 0 Å². The smallest absolute Gasteiger partial charge is 0.204 e. The van der Waals surface area contributed by atoms with Crippen molar-refractivity contribution in [2.24, 2.45) is 4.99 Å². The summed E-state index contributed by atoms with van der Waals surface area (Å²) in [6.07, 6.45) is 5.78. The second-order valence-corrected chi connectivity index (χ2v) is 12.2. The standard InChI is InChI=1S/C44H30N4O/c49-39-27-38-42(30-17-9-3-10-18-30)36-24-23-34(46-36)40(28-13-5-1-6-14-28)32-21-22-33(45-32)41(29-15-7-2-8-16-29)35-25-26-37(47-35)43(44(39)48-38)31-19-11-4-12-20-31/h1-27,45-46,48H. The Balaban J connectivity index is 1.41. The van der Waals surface area contributed by atoms with E-state index >= 15 is 0 Å². The molecule has 49 heavy (non-hydrogen) atoms. The van der Waals surface area contributed by atoms with Gasteiger partial charge in [0.05, 0.1) is 22.8 Å². The van der Waals surface area contributed by atoms with Crippen LogP contribution in [0.4, 0.5) is 0 Å². The maximum Gasteiger partial charge on any atom is 0.204 e. The van der Waals surface area contributed by atoms with Gasteiger partial charge in [-0.25, -0.2) is 4.99 Å². The van der Waals surface area contributed by atoms with Crippen molar-refractivity contribution in [2.45, 2.75) is 0 Å². The Hall–Kier alpha value is -6.72. The lowest BCUT2D eigenvalue weighted by molar-refractivity contribution is -0.111. The quantitative estimate of drug-likeness (QED) is 0.196. The number of rotatable bonds is 4. The summed E-state index contributed by atoms with van der Waals surface area (Å²) in [5.74, 6) is -0.0969. The number of benzene rings is 4. The number of carbonyl (C=O) groups excluding carboxylic acids is 1. The molecule has 3 N–H and O–H groups in total. The lowest BCUT2D eigenvalue weighted by Crippen LogP contribution is -2.21. The molecule has 0 saturated heterocycles. The largest absolute Gasteiger partial charge is 0.354 e. The topological polar surface area (TPSA) is 73.0 Å². The number of hydrogen-bond donors (Lipinski definition) is 3. The number of aromatic nitrogens is 2. The number of aliphatic imine (C=N–C) groups is 1. The summed E-state index contributed by atoms with van der Waals surface area (Å²) < 4.78 is 0. The molecule has 0 fully saturated rings. The van der Waals surface area contributed by atoms with Crippen LogP contribution in [0.2, 0.25) is 0 Å². The monoisotopic (exact) mass is 630 g/mol. The van der Waals surface area contributed by atoms with Gasteiger partial charge in [0.2, 0.25) is 5.78 Å². The van der Waals surface area contributed by atoms with Crippen LogP contribution < -0.4 is 16.0 Å². The summed E-state index contributed by atoms with van der Waals surface area (Å²) >= 11 is 0. The number of ketones is 1. The first-order valence-corrected chi connectivity index (χ1v) is 16.4. The molecule has 4 aromatic carbocycles. The van der Waals surface area contributed by atoms with Crippen LogP contribution in [-0.4, -0.2) is 21.5 Å². The van der Waals surface area contributed by atoms with E-state index in [1.54, 1.807) is 6.08 Å². The molecule has 0 atom stereocenters. The molecule has 0 unspecified atom stereocenters. The fraction of sp³-hybridized carbons (Fsp3) is 0. The fourth-order valence-corrected chi connectivity index (χ4v) is 6.96. The average molecular weight is 631 g/mol. The zero-order valence-corrected chi connectivity index (χ0v) is 26.4. The van der Waals surface area contributed by atoms with Crippen molar-refractivity contribution < 1.29 is 4.79 Å². The third-order valence-corrected chi connectivity index (χ3v) is 9.15. The zero-order valence-electron chi connectivity index (χ0n) is 26.4. The van der Waals surface area contributed by atoms with E-state index in [0.717, 1.165) is 83.7 Å². The minimum Gasteiger partial charge on any atom is -0.354 e.